The monoisotopic (exact) mass is 288 g/mol. The summed E-state index contributed by atoms with van der Waals surface area (Å²) in [5.74, 6) is 0. The fourth-order valence-corrected chi connectivity index (χ4v) is 1.63. The largest absolute Gasteiger partial charge is 1.00 e. The molecule has 0 aromatic heterocycles. The fraction of sp³-hybridized carbons (Fsp3) is 0. The summed E-state index contributed by atoms with van der Waals surface area (Å²) >= 11 is 0. The maximum atomic E-state index is 12.4. The van der Waals surface area contributed by atoms with Crippen LogP contribution in [0.1, 0.15) is 5.56 Å². The van der Waals surface area contributed by atoms with Crippen LogP contribution in [0.25, 0.3) is 0 Å². The van der Waals surface area contributed by atoms with Crippen molar-refractivity contribution in [3.8, 4) is 6.07 Å². The normalized spacial score (nSPS) is 11.5. The van der Waals surface area contributed by atoms with E-state index in [0.717, 1.165) is 6.07 Å². The van der Waals surface area contributed by atoms with Crippen molar-refractivity contribution in [3.63, 3.8) is 0 Å². The first-order chi connectivity index (χ1) is 7.14. The van der Waals surface area contributed by atoms with E-state index < -0.39 is 32.9 Å². The fourth-order valence-electron chi connectivity index (χ4n) is 1.04. The third-order valence-electron chi connectivity index (χ3n) is 1.76. The zero-order valence-electron chi connectivity index (χ0n) is 8.69. The molecule has 0 aliphatic carbocycles. The number of nitriles is 1. The van der Waals surface area contributed by atoms with E-state index in [9.17, 15) is 21.4 Å². The van der Waals surface area contributed by atoms with Gasteiger partial charge in [0.1, 0.15) is 0 Å². The Hall–Kier alpha value is 0.111. The van der Waals surface area contributed by atoms with Gasteiger partial charge in [-0.05, 0) is 6.07 Å². The Morgan fingerprint density at radius 2 is 1.76 bits per heavy atom. The van der Waals surface area contributed by atoms with Gasteiger partial charge in [0.15, 0.2) is 0 Å². The molecule has 1 aromatic rings. The van der Waals surface area contributed by atoms with Crippen LogP contribution in [0.3, 0.4) is 0 Å². The summed E-state index contributed by atoms with van der Waals surface area (Å²) in [6.45, 7) is -5.37. The molecule has 0 atom stereocenters. The van der Waals surface area contributed by atoms with Crippen molar-refractivity contribution in [2.45, 2.75) is 4.90 Å². The molecule has 0 saturated carbocycles. The van der Waals surface area contributed by atoms with Crippen LogP contribution in [-0.2, 0) is 10.0 Å². The smallest absolute Gasteiger partial charge is 0.445 e. The van der Waals surface area contributed by atoms with Crippen molar-refractivity contribution in [3.05, 3.63) is 23.8 Å². The summed E-state index contributed by atoms with van der Waals surface area (Å²) in [7, 11) is -4.26. The van der Waals surface area contributed by atoms with Gasteiger partial charge in [-0.3, -0.25) is 0 Å². The molecule has 4 nitrogen and oxygen atoms in total. The Balaban J connectivity index is 0.00000256. The molecule has 17 heavy (non-hydrogen) atoms. The number of nitrogens with zero attached hydrogens (tertiary/aromatic N) is 1. The Kier molecular flexibility index (Phi) is 5.87. The first kappa shape index (κ1) is 17.1. The van der Waals surface area contributed by atoms with Crippen LogP contribution >= 0.6 is 0 Å². The first-order valence-corrected chi connectivity index (χ1v) is 5.47. The molecule has 0 unspecified atom stereocenters. The van der Waals surface area contributed by atoms with Crippen LogP contribution in [0.15, 0.2) is 23.1 Å². The molecule has 0 spiro atoms. The molecule has 0 heterocycles. The molecule has 0 saturated heterocycles. The molecular formula is C7H5BF3KN2O2S. The zero-order chi connectivity index (χ0) is 12.6. The van der Waals surface area contributed by atoms with E-state index in [1.54, 1.807) is 0 Å². The second-order valence-electron chi connectivity index (χ2n) is 3.02. The van der Waals surface area contributed by atoms with Crippen molar-refractivity contribution in [1.29, 1.82) is 5.26 Å². The third kappa shape index (κ3) is 4.71. The Bertz CT molecular complexity index is 567. The topological polar surface area (TPSA) is 83.9 Å². The van der Waals surface area contributed by atoms with Gasteiger partial charge in [-0.25, -0.2) is 13.6 Å². The zero-order valence-corrected chi connectivity index (χ0v) is 12.6. The standard InChI is InChI=1S/C7H5BF3N2O2S.K/c9-8(10,11)6-1-5(4-12)2-7(3-6)16(13,14)15;/h1-3H,(H2,13,14,15);/q-1;+1. The van der Waals surface area contributed by atoms with Crippen molar-refractivity contribution >= 4 is 22.5 Å². The second-order valence-corrected chi connectivity index (χ2v) is 4.58. The van der Waals surface area contributed by atoms with E-state index in [-0.39, 0.29) is 51.4 Å². The molecule has 0 amide bonds. The van der Waals surface area contributed by atoms with E-state index >= 15 is 0 Å². The molecule has 0 fully saturated rings. The summed E-state index contributed by atoms with van der Waals surface area (Å²) in [5, 5.41) is 13.2. The summed E-state index contributed by atoms with van der Waals surface area (Å²) in [6.07, 6.45) is 0. The molecule has 0 bridgehead atoms. The number of halogens is 3. The van der Waals surface area contributed by atoms with Crippen LogP contribution in [0, 0.1) is 11.3 Å². The third-order valence-corrected chi connectivity index (χ3v) is 2.66. The van der Waals surface area contributed by atoms with Gasteiger partial charge >= 0.3 is 58.4 Å². The number of primary sulfonamides is 1. The number of hydrogen-bond acceptors (Lipinski definition) is 3. The van der Waals surface area contributed by atoms with E-state index in [1.165, 1.54) is 6.07 Å². The van der Waals surface area contributed by atoms with E-state index in [2.05, 4.69) is 0 Å². The van der Waals surface area contributed by atoms with Crippen molar-refractivity contribution in [2.75, 3.05) is 0 Å². The van der Waals surface area contributed by atoms with E-state index in [1.807, 2.05) is 0 Å². The number of nitrogens with two attached hydrogens (primary N) is 1. The predicted octanol–water partition coefficient (Wildman–Crippen LogP) is -2.74. The number of sulfonamides is 1. The van der Waals surface area contributed by atoms with Crippen molar-refractivity contribution < 1.29 is 72.7 Å². The Labute approximate surface area is 139 Å². The van der Waals surface area contributed by atoms with Crippen molar-refractivity contribution in [1.82, 2.24) is 0 Å². The van der Waals surface area contributed by atoms with Gasteiger partial charge in [-0.2, -0.15) is 5.26 Å². The average Bonchev–Trinajstić information content (AvgIpc) is 2.14. The van der Waals surface area contributed by atoms with Crippen molar-refractivity contribution in [2.24, 2.45) is 5.14 Å². The molecule has 0 aliphatic heterocycles. The number of hydrogen-bond donors (Lipinski definition) is 1. The summed E-state index contributed by atoms with van der Waals surface area (Å²) in [4.78, 5) is -0.722. The predicted molar refractivity (Wildman–Crippen MR) is 51.2 cm³/mol. The Morgan fingerprint density at radius 1 is 1.24 bits per heavy atom. The summed E-state index contributed by atoms with van der Waals surface area (Å²) in [6, 6.07) is 3.23. The molecule has 0 radical (unpaired) electrons. The minimum atomic E-state index is -5.37. The van der Waals surface area contributed by atoms with Gasteiger partial charge in [0.2, 0.25) is 10.0 Å². The minimum absolute atomic E-state index is 0. The van der Waals surface area contributed by atoms with Gasteiger partial charge in [-0.15, -0.1) is 5.46 Å². The van der Waals surface area contributed by atoms with Gasteiger partial charge in [-0.1, -0.05) is 12.1 Å². The first-order valence-electron chi connectivity index (χ1n) is 3.92. The Morgan fingerprint density at radius 3 is 2.12 bits per heavy atom. The van der Waals surface area contributed by atoms with Gasteiger partial charge in [0.05, 0.1) is 16.5 Å². The average molecular weight is 288 g/mol. The molecule has 0 aliphatic rings. The maximum Gasteiger partial charge on any atom is 1.00 e. The molecular weight excluding hydrogens is 283 g/mol. The van der Waals surface area contributed by atoms with Gasteiger partial charge in [0.25, 0.3) is 0 Å². The van der Waals surface area contributed by atoms with Crippen LogP contribution < -0.4 is 62.0 Å². The van der Waals surface area contributed by atoms with Gasteiger partial charge in [0, 0.05) is 0 Å². The van der Waals surface area contributed by atoms with E-state index in [0.29, 0.717) is 12.1 Å². The molecule has 10 heteroatoms. The number of rotatable bonds is 2. The number of benzene rings is 1. The quantitative estimate of drug-likeness (QED) is 0.599. The van der Waals surface area contributed by atoms with E-state index in [4.69, 9.17) is 10.4 Å². The molecule has 1 aromatic carbocycles. The van der Waals surface area contributed by atoms with Crippen LogP contribution in [-0.4, -0.2) is 15.4 Å². The van der Waals surface area contributed by atoms with Gasteiger partial charge < -0.3 is 12.9 Å². The summed E-state index contributed by atoms with van der Waals surface area (Å²) < 4.78 is 58.9. The maximum absolute atomic E-state index is 12.4. The summed E-state index contributed by atoms with van der Waals surface area (Å²) in [5.41, 5.74) is -1.57. The molecule has 2 N–H and O–H groups in total. The van der Waals surface area contributed by atoms with Crippen LogP contribution in [0.4, 0.5) is 12.9 Å². The van der Waals surface area contributed by atoms with Crippen LogP contribution in [0.5, 0.6) is 0 Å². The SMILES string of the molecule is N#Cc1cc([B-](F)(F)F)cc(S(N)(=O)=O)c1.[K+]. The second kappa shape index (κ2) is 5.83. The minimum Gasteiger partial charge on any atom is -0.445 e. The molecule has 86 valence electrons. The van der Waals surface area contributed by atoms with Crippen LogP contribution in [0.2, 0.25) is 0 Å². The molecule has 1 rings (SSSR count).